The molecule has 0 amide bonds. The number of likely N-dealkylation sites (tertiary alicyclic amines) is 1. The number of rotatable bonds is 4. The average Bonchev–Trinajstić information content (AvgIpc) is 2.55. The third-order valence-corrected chi connectivity index (χ3v) is 5.20. The van der Waals surface area contributed by atoms with Gasteiger partial charge in [-0.05, 0) is 52.1 Å². The highest BCUT2D eigenvalue weighted by atomic mass is 35.5. The molecular formula is C17H27Cl2N3O3. The third kappa shape index (κ3) is 4.96. The Bertz CT molecular complexity index is 655. The Morgan fingerprint density at radius 1 is 1.20 bits per heavy atom. The normalized spacial score (nSPS) is 18.0. The van der Waals surface area contributed by atoms with E-state index in [0.717, 1.165) is 62.5 Å². The van der Waals surface area contributed by atoms with Crippen LogP contribution in [0.3, 0.4) is 0 Å². The number of aryl methyl sites for hydroxylation is 2. The van der Waals surface area contributed by atoms with Crippen LogP contribution in [-0.2, 0) is 24.2 Å². The van der Waals surface area contributed by atoms with Gasteiger partial charge in [-0.25, -0.2) is 4.98 Å². The summed E-state index contributed by atoms with van der Waals surface area (Å²) in [6, 6.07) is 0. The molecule has 3 heterocycles. The Kier molecular flexibility index (Phi) is 8.38. The highest BCUT2D eigenvalue weighted by Gasteiger charge is 2.25. The van der Waals surface area contributed by atoms with Gasteiger partial charge in [0, 0.05) is 30.8 Å². The first-order valence-corrected chi connectivity index (χ1v) is 8.60. The molecule has 0 radical (unpaired) electrons. The minimum Gasteiger partial charge on any atom is -0.481 e. The van der Waals surface area contributed by atoms with Crippen LogP contribution in [0.1, 0.15) is 42.8 Å². The van der Waals surface area contributed by atoms with Gasteiger partial charge in [0.15, 0.2) is 0 Å². The molecule has 1 N–H and O–H groups in total. The lowest BCUT2D eigenvalue weighted by atomic mass is 9.97. The van der Waals surface area contributed by atoms with Crippen LogP contribution in [0, 0.1) is 12.8 Å². The van der Waals surface area contributed by atoms with Crippen molar-refractivity contribution < 1.29 is 9.90 Å². The van der Waals surface area contributed by atoms with Gasteiger partial charge >= 0.3 is 5.97 Å². The second-order valence-corrected chi connectivity index (χ2v) is 6.71. The van der Waals surface area contributed by atoms with Crippen molar-refractivity contribution in [2.24, 2.45) is 5.92 Å². The number of aliphatic carboxylic acids is 1. The van der Waals surface area contributed by atoms with Crippen molar-refractivity contribution in [3.05, 3.63) is 27.4 Å². The van der Waals surface area contributed by atoms with Gasteiger partial charge in [0.25, 0.3) is 5.56 Å². The summed E-state index contributed by atoms with van der Waals surface area (Å²) < 4.78 is 1.85. The molecule has 0 aromatic carbocycles. The van der Waals surface area contributed by atoms with Crippen LogP contribution in [0.15, 0.2) is 4.79 Å². The number of hydrogen-bond donors (Lipinski definition) is 1. The molecule has 0 spiro atoms. The fourth-order valence-electron chi connectivity index (χ4n) is 3.69. The van der Waals surface area contributed by atoms with Crippen LogP contribution < -0.4 is 5.56 Å². The van der Waals surface area contributed by atoms with Gasteiger partial charge in [-0.1, -0.05) is 0 Å². The molecule has 0 unspecified atom stereocenters. The molecule has 2 aliphatic heterocycles. The highest BCUT2D eigenvalue weighted by Crippen LogP contribution is 2.18. The van der Waals surface area contributed by atoms with Gasteiger partial charge in [0.2, 0.25) is 0 Å². The van der Waals surface area contributed by atoms with Crippen molar-refractivity contribution in [3.63, 3.8) is 0 Å². The molecule has 1 fully saturated rings. The van der Waals surface area contributed by atoms with Crippen LogP contribution in [0.4, 0.5) is 0 Å². The first kappa shape index (κ1) is 21.9. The average molecular weight is 392 g/mol. The minimum atomic E-state index is -0.683. The lowest BCUT2D eigenvalue weighted by Gasteiger charge is -2.30. The summed E-state index contributed by atoms with van der Waals surface area (Å²) in [7, 11) is 0. The summed E-state index contributed by atoms with van der Waals surface area (Å²) in [4.78, 5) is 30.6. The van der Waals surface area contributed by atoms with Crippen molar-refractivity contribution in [3.8, 4) is 0 Å². The maximum atomic E-state index is 12.7. The third-order valence-electron chi connectivity index (χ3n) is 5.20. The Hall–Kier alpha value is -1.11. The lowest BCUT2D eigenvalue weighted by Crippen LogP contribution is -2.39. The Balaban J connectivity index is 0.00000156. The fraction of sp³-hybridized carbons (Fsp3) is 0.706. The van der Waals surface area contributed by atoms with Gasteiger partial charge in [0.1, 0.15) is 5.82 Å². The molecule has 1 saturated heterocycles. The molecule has 6 nitrogen and oxygen atoms in total. The number of aromatic nitrogens is 2. The van der Waals surface area contributed by atoms with E-state index in [1.54, 1.807) is 0 Å². The smallest absolute Gasteiger partial charge is 0.306 e. The van der Waals surface area contributed by atoms with E-state index in [0.29, 0.717) is 19.3 Å². The second-order valence-electron chi connectivity index (χ2n) is 6.71. The van der Waals surface area contributed by atoms with Crippen molar-refractivity contribution >= 4 is 30.8 Å². The van der Waals surface area contributed by atoms with Gasteiger partial charge in [-0.3, -0.25) is 14.2 Å². The van der Waals surface area contributed by atoms with Gasteiger partial charge in [0.05, 0.1) is 5.92 Å². The number of carboxylic acids is 1. The molecule has 0 atom stereocenters. The van der Waals surface area contributed by atoms with E-state index in [4.69, 9.17) is 5.11 Å². The Morgan fingerprint density at radius 3 is 2.52 bits per heavy atom. The molecule has 0 aliphatic carbocycles. The number of hydrogen-bond acceptors (Lipinski definition) is 4. The maximum absolute atomic E-state index is 12.7. The standard InChI is InChI=1S/C17H25N3O3.2ClH/c1-12-14(16(21)20-8-3-2-4-15(20)18-12)7-11-19-9-5-13(6-10-19)17(22)23;;/h13H,2-11H2,1H3,(H,22,23);2*1H. The van der Waals surface area contributed by atoms with E-state index in [9.17, 15) is 9.59 Å². The van der Waals surface area contributed by atoms with Crippen LogP contribution in [0.2, 0.25) is 0 Å². The van der Waals surface area contributed by atoms with Crippen molar-refractivity contribution in [2.45, 2.75) is 52.0 Å². The van der Waals surface area contributed by atoms with E-state index >= 15 is 0 Å². The quantitative estimate of drug-likeness (QED) is 0.849. The minimum absolute atomic E-state index is 0. The number of carbonyl (C=O) groups is 1. The second kappa shape index (κ2) is 9.55. The number of nitrogens with zero attached hydrogens (tertiary/aromatic N) is 3. The summed E-state index contributed by atoms with van der Waals surface area (Å²) >= 11 is 0. The lowest BCUT2D eigenvalue weighted by molar-refractivity contribution is -0.143. The molecule has 0 saturated carbocycles. The van der Waals surface area contributed by atoms with Crippen LogP contribution in [-0.4, -0.2) is 45.2 Å². The largest absolute Gasteiger partial charge is 0.481 e. The Labute approximate surface area is 160 Å². The van der Waals surface area contributed by atoms with Crippen LogP contribution >= 0.6 is 24.8 Å². The predicted octanol–water partition coefficient (Wildman–Crippen LogP) is 2.07. The summed E-state index contributed by atoms with van der Waals surface area (Å²) in [6.07, 6.45) is 5.18. The zero-order chi connectivity index (χ0) is 16.4. The first-order chi connectivity index (χ1) is 11.1. The number of halogens is 2. The molecule has 2 aliphatic rings. The molecular weight excluding hydrogens is 365 g/mol. The number of carboxylic acid groups (broad SMARTS) is 1. The first-order valence-electron chi connectivity index (χ1n) is 8.60. The predicted molar refractivity (Wildman–Crippen MR) is 101 cm³/mol. The van der Waals surface area contributed by atoms with Crippen molar-refractivity contribution in [1.29, 1.82) is 0 Å². The van der Waals surface area contributed by atoms with E-state index in [1.807, 2.05) is 11.5 Å². The van der Waals surface area contributed by atoms with Crippen molar-refractivity contribution in [1.82, 2.24) is 14.5 Å². The number of fused-ring (bicyclic) bond motifs is 1. The fourth-order valence-corrected chi connectivity index (χ4v) is 3.69. The molecule has 0 bridgehead atoms. The van der Waals surface area contributed by atoms with E-state index in [2.05, 4.69) is 9.88 Å². The zero-order valence-electron chi connectivity index (χ0n) is 14.6. The summed E-state index contributed by atoms with van der Waals surface area (Å²) in [5.41, 5.74) is 1.83. The van der Waals surface area contributed by atoms with Crippen LogP contribution in [0.25, 0.3) is 0 Å². The summed E-state index contributed by atoms with van der Waals surface area (Å²) in [5.74, 6) is 0.0476. The Morgan fingerprint density at radius 2 is 1.88 bits per heavy atom. The molecule has 25 heavy (non-hydrogen) atoms. The van der Waals surface area contributed by atoms with Crippen molar-refractivity contribution in [2.75, 3.05) is 19.6 Å². The van der Waals surface area contributed by atoms with Gasteiger partial charge in [-0.2, -0.15) is 0 Å². The SMILES string of the molecule is Cc1nc2n(c(=O)c1CCN1CCC(C(=O)O)CC1)CCCC2.Cl.Cl. The number of piperidine rings is 1. The molecule has 1 aromatic heterocycles. The summed E-state index contributed by atoms with van der Waals surface area (Å²) in [6.45, 7) is 5.14. The van der Waals surface area contributed by atoms with E-state index in [-0.39, 0.29) is 36.3 Å². The zero-order valence-corrected chi connectivity index (χ0v) is 16.2. The molecule has 1 aromatic rings. The molecule has 8 heteroatoms. The highest BCUT2D eigenvalue weighted by molar-refractivity contribution is 5.85. The molecule has 3 rings (SSSR count). The molecule has 142 valence electrons. The summed E-state index contributed by atoms with van der Waals surface area (Å²) in [5, 5.41) is 9.05. The van der Waals surface area contributed by atoms with Gasteiger partial charge < -0.3 is 10.0 Å². The van der Waals surface area contributed by atoms with E-state index < -0.39 is 5.97 Å². The topological polar surface area (TPSA) is 75.4 Å². The monoisotopic (exact) mass is 391 g/mol. The van der Waals surface area contributed by atoms with E-state index in [1.165, 1.54) is 0 Å². The maximum Gasteiger partial charge on any atom is 0.306 e. The van der Waals surface area contributed by atoms with Gasteiger partial charge in [-0.15, -0.1) is 24.8 Å². The van der Waals surface area contributed by atoms with Crippen LogP contribution in [0.5, 0.6) is 0 Å².